The first-order valence-corrected chi connectivity index (χ1v) is 17.6. The van der Waals surface area contributed by atoms with Crippen molar-refractivity contribution in [1.82, 2.24) is 0 Å². The van der Waals surface area contributed by atoms with Gasteiger partial charge in [-0.05, 0) is 63.7 Å². The second-order valence-electron chi connectivity index (χ2n) is 13.2. The summed E-state index contributed by atoms with van der Waals surface area (Å²) in [5, 5.41) is 8.74. The number of furan rings is 2. The maximum absolute atomic E-state index is 6.52. The van der Waals surface area contributed by atoms with Crippen molar-refractivity contribution in [3.8, 4) is 11.1 Å². The van der Waals surface area contributed by atoms with Crippen molar-refractivity contribution in [2.75, 3.05) is 0 Å². The van der Waals surface area contributed by atoms with Gasteiger partial charge in [-0.2, -0.15) is 0 Å². The van der Waals surface area contributed by atoms with Crippen LogP contribution in [-0.2, 0) is 6.54 Å². The minimum absolute atomic E-state index is 0.459. The number of benzene rings is 8. The first kappa shape index (κ1) is 30.7. The van der Waals surface area contributed by atoms with Gasteiger partial charge < -0.3 is 8.83 Å². The van der Waals surface area contributed by atoms with E-state index < -0.39 is 0 Å². The van der Waals surface area contributed by atoms with E-state index in [0.29, 0.717) is 18.2 Å². The molecule has 0 saturated carbocycles. The number of hydrogen-bond acceptors (Lipinski definition) is 3. The fraction of sp³-hybridized carbons (Fsp3) is 0.0208. The van der Waals surface area contributed by atoms with Crippen molar-refractivity contribution >= 4 is 83.8 Å². The predicted octanol–water partition coefficient (Wildman–Crippen LogP) is 12.6. The van der Waals surface area contributed by atoms with E-state index in [0.717, 1.165) is 77.1 Å². The Labute approximate surface area is 304 Å². The zero-order valence-corrected chi connectivity index (χ0v) is 28.7. The molecular formula is C48H31N3O2. The van der Waals surface area contributed by atoms with Gasteiger partial charge in [-0.15, -0.1) is 0 Å². The van der Waals surface area contributed by atoms with E-state index >= 15 is 0 Å². The van der Waals surface area contributed by atoms with Crippen molar-refractivity contribution in [3.63, 3.8) is 0 Å². The minimum Gasteiger partial charge on any atom is -0.456 e. The fourth-order valence-electron chi connectivity index (χ4n) is 7.61. The zero-order chi connectivity index (χ0) is 35.3. The highest BCUT2D eigenvalue weighted by molar-refractivity contribution is 6.25. The van der Waals surface area contributed by atoms with Crippen LogP contribution in [0.2, 0.25) is 0 Å². The van der Waals surface area contributed by atoms with Gasteiger partial charge in [-0.25, -0.2) is 9.98 Å². The summed E-state index contributed by atoms with van der Waals surface area (Å²) >= 11 is 0. The topological polar surface area (TPSA) is 63.4 Å². The number of rotatable bonds is 5. The first-order chi connectivity index (χ1) is 26.2. The van der Waals surface area contributed by atoms with Crippen molar-refractivity contribution < 1.29 is 8.83 Å². The van der Waals surface area contributed by atoms with Gasteiger partial charge in [0.2, 0.25) is 0 Å². The fourth-order valence-corrected chi connectivity index (χ4v) is 7.61. The number of hydrogen-bond donors (Lipinski definition) is 0. The van der Waals surface area contributed by atoms with E-state index in [1.165, 1.54) is 16.2 Å². The molecular weight excluding hydrogens is 651 g/mol. The van der Waals surface area contributed by atoms with Crippen LogP contribution in [0.15, 0.2) is 188 Å². The standard InChI is InChI=1S/C48H31N3O2/c1-49-48(51-47(50-29-30-12-3-2-4-13-30)33-26-27-35-32(28-33)25-24-31-14-5-6-15-34(31)35)40-20-11-23-43-45(40)44-37(17-10-22-42(44)52-43)39-19-9-18-38-36-16-7-8-21-41(36)53-46(38)39/h2-28H,1,29H2/b50-47-,51-48-. The highest BCUT2D eigenvalue weighted by Crippen LogP contribution is 2.42. The Morgan fingerprint density at radius 1 is 0.491 bits per heavy atom. The molecule has 53 heavy (non-hydrogen) atoms. The van der Waals surface area contributed by atoms with Crippen LogP contribution in [0.3, 0.4) is 0 Å². The van der Waals surface area contributed by atoms with E-state index in [9.17, 15) is 0 Å². The van der Waals surface area contributed by atoms with Gasteiger partial charge in [-0.1, -0.05) is 140 Å². The molecule has 0 radical (unpaired) electrons. The second kappa shape index (κ2) is 12.6. The van der Waals surface area contributed by atoms with Crippen LogP contribution in [0.4, 0.5) is 0 Å². The van der Waals surface area contributed by atoms with Crippen LogP contribution in [-0.4, -0.2) is 18.4 Å². The van der Waals surface area contributed by atoms with Crippen LogP contribution in [0, 0.1) is 0 Å². The van der Waals surface area contributed by atoms with Crippen LogP contribution in [0.5, 0.6) is 0 Å². The summed E-state index contributed by atoms with van der Waals surface area (Å²) in [5.74, 6) is 1.03. The van der Waals surface area contributed by atoms with Gasteiger partial charge in [0.15, 0.2) is 11.7 Å². The van der Waals surface area contributed by atoms with Crippen molar-refractivity contribution in [3.05, 3.63) is 180 Å². The summed E-state index contributed by atoms with van der Waals surface area (Å²) in [6.45, 7) is 4.48. The smallest absolute Gasteiger partial charge is 0.161 e. The van der Waals surface area contributed by atoms with E-state index in [4.69, 9.17) is 18.8 Å². The third-order valence-corrected chi connectivity index (χ3v) is 10.1. The summed E-state index contributed by atoms with van der Waals surface area (Å²) in [7, 11) is 0. The predicted molar refractivity (Wildman–Crippen MR) is 221 cm³/mol. The molecule has 0 fully saturated rings. The second-order valence-corrected chi connectivity index (χ2v) is 13.2. The Morgan fingerprint density at radius 2 is 1.17 bits per heavy atom. The third-order valence-electron chi connectivity index (χ3n) is 10.1. The zero-order valence-electron chi connectivity index (χ0n) is 28.7. The molecule has 0 spiro atoms. The molecule has 0 aliphatic carbocycles. The molecule has 10 rings (SSSR count). The largest absolute Gasteiger partial charge is 0.456 e. The quantitative estimate of drug-likeness (QED) is 0.103. The number of para-hydroxylation sites is 2. The maximum atomic E-state index is 6.52. The lowest BCUT2D eigenvalue weighted by Gasteiger charge is -2.10. The Balaban J connectivity index is 1.18. The number of aliphatic imine (C=N–C) groups is 3. The molecule has 8 aromatic carbocycles. The molecule has 0 amide bonds. The number of nitrogens with zero attached hydrogens (tertiary/aromatic N) is 3. The highest BCUT2D eigenvalue weighted by Gasteiger charge is 2.21. The molecule has 2 aromatic heterocycles. The Kier molecular flexibility index (Phi) is 7.29. The average Bonchev–Trinajstić information content (AvgIpc) is 3.80. The van der Waals surface area contributed by atoms with Gasteiger partial charge in [0, 0.05) is 38.2 Å². The summed E-state index contributed by atoms with van der Waals surface area (Å²) < 4.78 is 13.0. The molecule has 10 aromatic rings. The normalized spacial score (nSPS) is 12.5. The molecule has 0 saturated heterocycles. The summed E-state index contributed by atoms with van der Waals surface area (Å²) in [5.41, 5.74) is 7.97. The average molecular weight is 682 g/mol. The van der Waals surface area contributed by atoms with Crippen LogP contribution in [0.1, 0.15) is 16.7 Å². The molecule has 250 valence electrons. The Hall–Kier alpha value is -7.11. The van der Waals surface area contributed by atoms with Gasteiger partial charge in [-0.3, -0.25) is 4.99 Å². The monoisotopic (exact) mass is 681 g/mol. The summed E-state index contributed by atoms with van der Waals surface area (Å²) in [6, 6.07) is 56.0. The van der Waals surface area contributed by atoms with Crippen molar-refractivity contribution in [2.45, 2.75) is 6.54 Å². The Morgan fingerprint density at radius 3 is 2.06 bits per heavy atom. The highest BCUT2D eigenvalue weighted by atomic mass is 16.3. The lowest BCUT2D eigenvalue weighted by Crippen LogP contribution is -2.06. The van der Waals surface area contributed by atoms with Gasteiger partial charge in [0.05, 0.1) is 6.54 Å². The Bertz CT molecular complexity index is 3110. The van der Waals surface area contributed by atoms with Gasteiger partial charge in [0.25, 0.3) is 0 Å². The number of fused-ring (bicyclic) bond motifs is 9. The molecule has 0 aliphatic heterocycles. The van der Waals surface area contributed by atoms with Crippen molar-refractivity contribution in [1.29, 1.82) is 0 Å². The third kappa shape index (κ3) is 5.21. The van der Waals surface area contributed by atoms with E-state index in [-0.39, 0.29) is 0 Å². The SMILES string of the molecule is C=N/C(=N\C(=N/Cc1ccccc1)c1ccc2c(ccc3ccccc32)c1)c1cccc2oc3cccc(-c4cccc5c4oc4ccccc45)c3c12. The molecule has 0 bridgehead atoms. The molecule has 0 aliphatic rings. The maximum Gasteiger partial charge on any atom is 0.161 e. The van der Waals surface area contributed by atoms with Crippen LogP contribution < -0.4 is 0 Å². The van der Waals surface area contributed by atoms with E-state index in [1.54, 1.807) is 0 Å². The molecule has 0 N–H and O–H groups in total. The van der Waals surface area contributed by atoms with Crippen molar-refractivity contribution in [2.24, 2.45) is 15.0 Å². The van der Waals surface area contributed by atoms with Gasteiger partial charge in [0.1, 0.15) is 22.3 Å². The molecule has 0 atom stereocenters. The molecule has 5 heteroatoms. The van der Waals surface area contributed by atoms with E-state index in [1.807, 2.05) is 66.7 Å². The number of amidine groups is 2. The van der Waals surface area contributed by atoms with Crippen LogP contribution >= 0.6 is 0 Å². The summed E-state index contributed by atoms with van der Waals surface area (Å²) in [6.07, 6.45) is 0. The van der Waals surface area contributed by atoms with Gasteiger partial charge >= 0.3 is 0 Å². The molecule has 2 heterocycles. The molecule has 5 nitrogen and oxygen atoms in total. The lowest BCUT2D eigenvalue weighted by atomic mass is 9.95. The first-order valence-electron chi connectivity index (χ1n) is 17.6. The molecule has 0 unspecified atom stereocenters. The van der Waals surface area contributed by atoms with E-state index in [2.05, 4.69) is 109 Å². The van der Waals surface area contributed by atoms with Crippen LogP contribution in [0.25, 0.3) is 76.5 Å². The summed E-state index contributed by atoms with van der Waals surface area (Å²) in [4.78, 5) is 14.9. The lowest BCUT2D eigenvalue weighted by molar-refractivity contribution is 0.668. The minimum atomic E-state index is 0.459.